The van der Waals surface area contributed by atoms with Crippen molar-refractivity contribution < 1.29 is 0 Å². The highest BCUT2D eigenvalue weighted by atomic mass is 79.9. The van der Waals surface area contributed by atoms with Crippen LogP contribution in [0.15, 0.2) is 53.0 Å². The molecule has 0 spiro atoms. The van der Waals surface area contributed by atoms with E-state index in [-0.39, 0.29) is 0 Å². The number of hydrogen-bond acceptors (Lipinski definition) is 1. The first-order chi connectivity index (χ1) is 10.1. The summed E-state index contributed by atoms with van der Waals surface area (Å²) in [5.41, 5.74) is 2.26. The molecule has 0 heterocycles. The third-order valence-corrected chi connectivity index (χ3v) is 3.92. The second-order valence-electron chi connectivity index (χ2n) is 4.62. The summed E-state index contributed by atoms with van der Waals surface area (Å²) in [6.07, 6.45) is 2.02. The Kier molecular flexibility index (Phi) is 6.49. The number of aryl methyl sites for hydroxylation is 1. The Labute approximate surface area is 144 Å². The molecule has 0 unspecified atom stereocenters. The average molecular weight is 384 g/mol. The molecule has 110 valence electrons. The molecule has 0 bridgehead atoms. The molecular weight excluding hydrogens is 368 g/mol. The normalized spacial score (nSPS) is 10.2. The molecule has 0 aliphatic carbocycles. The minimum atomic E-state index is 0.643. The summed E-state index contributed by atoms with van der Waals surface area (Å²) in [6, 6.07) is 15.9. The van der Waals surface area contributed by atoms with Gasteiger partial charge in [0.1, 0.15) is 0 Å². The molecule has 0 saturated carbocycles. The van der Waals surface area contributed by atoms with Gasteiger partial charge in [-0.3, -0.25) is 0 Å². The molecular formula is C16H16BrClN2S. The van der Waals surface area contributed by atoms with Crippen molar-refractivity contribution in [3.63, 3.8) is 0 Å². The Hall–Kier alpha value is -1.10. The van der Waals surface area contributed by atoms with Gasteiger partial charge in [-0.15, -0.1) is 0 Å². The van der Waals surface area contributed by atoms with Gasteiger partial charge in [-0.25, -0.2) is 0 Å². The van der Waals surface area contributed by atoms with Gasteiger partial charge in [0.25, 0.3) is 0 Å². The van der Waals surface area contributed by atoms with E-state index in [1.54, 1.807) is 0 Å². The minimum absolute atomic E-state index is 0.643. The molecule has 0 saturated heterocycles. The van der Waals surface area contributed by atoms with Gasteiger partial charge in [-0.05, 0) is 61.0 Å². The molecule has 2 aromatic rings. The predicted octanol–water partition coefficient (Wildman–Crippen LogP) is 5.02. The molecule has 0 amide bonds. The number of halogens is 2. The second-order valence-corrected chi connectivity index (χ2v) is 6.38. The van der Waals surface area contributed by atoms with E-state index >= 15 is 0 Å². The van der Waals surface area contributed by atoms with E-state index < -0.39 is 0 Å². The molecule has 0 fully saturated rings. The minimum Gasteiger partial charge on any atom is -0.362 e. The SMILES string of the molecule is S=C(NCCCc1ccc(Cl)cc1)Nc1cccc(Br)c1. The lowest BCUT2D eigenvalue weighted by Gasteiger charge is -2.10. The molecule has 2 N–H and O–H groups in total. The molecule has 0 atom stereocenters. The van der Waals surface area contributed by atoms with E-state index in [9.17, 15) is 0 Å². The molecule has 0 radical (unpaired) electrons. The average Bonchev–Trinajstić information content (AvgIpc) is 2.45. The van der Waals surface area contributed by atoms with Crippen molar-refractivity contribution >= 4 is 50.5 Å². The molecule has 0 aromatic heterocycles. The Morgan fingerprint density at radius 2 is 1.90 bits per heavy atom. The standard InChI is InChI=1S/C16H16BrClN2S/c17-13-4-1-5-15(11-13)20-16(21)19-10-2-3-12-6-8-14(18)9-7-12/h1,4-9,11H,2-3,10H2,(H2,19,20,21). The summed E-state index contributed by atoms with van der Waals surface area (Å²) in [4.78, 5) is 0. The molecule has 2 nitrogen and oxygen atoms in total. The fraction of sp³-hybridized carbons (Fsp3) is 0.188. The van der Waals surface area contributed by atoms with E-state index in [2.05, 4.69) is 38.7 Å². The van der Waals surface area contributed by atoms with E-state index in [4.69, 9.17) is 23.8 Å². The number of hydrogen-bond donors (Lipinski definition) is 2. The third kappa shape index (κ3) is 6.04. The lowest BCUT2D eigenvalue weighted by Crippen LogP contribution is -2.29. The zero-order chi connectivity index (χ0) is 15.1. The maximum Gasteiger partial charge on any atom is 0.170 e. The van der Waals surface area contributed by atoms with Crippen LogP contribution in [0.2, 0.25) is 5.02 Å². The van der Waals surface area contributed by atoms with Gasteiger partial charge in [0.05, 0.1) is 0 Å². The van der Waals surface area contributed by atoms with Crippen molar-refractivity contribution in [3.8, 4) is 0 Å². The Balaban J connectivity index is 1.68. The van der Waals surface area contributed by atoms with Crippen molar-refractivity contribution in [2.75, 3.05) is 11.9 Å². The summed E-state index contributed by atoms with van der Waals surface area (Å²) in [7, 11) is 0. The van der Waals surface area contributed by atoms with Gasteiger partial charge >= 0.3 is 0 Å². The number of thiocarbonyl (C=S) groups is 1. The predicted molar refractivity (Wildman–Crippen MR) is 98.1 cm³/mol. The van der Waals surface area contributed by atoms with Crippen LogP contribution in [0.4, 0.5) is 5.69 Å². The summed E-state index contributed by atoms with van der Waals surface area (Å²) in [5.74, 6) is 0. The summed E-state index contributed by atoms with van der Waals surface area (Å²) in [5, 5.41) is 7.79. The van der Waals surface area contributed by atoms with Gasteiger partial charge in [-0.1, -0.05) is 45.7 Å². The quantitative estimate of drug-likeness (QED) is 0.560. The highest BCUT2D eigenvalue weighted by molar-refractivity contribution is 9.10. The highest BCUT2D eigenvalue weighted by Crippen LogP contribution is 2.15. The van der Waals surface area contributed by atoms with Crippen LogP contribution in [0.5, 0.6) is 0 Å². The Morgan fingerprint density at radius 1 is 1.14 bits per heavy atom. The van der Waals surface area contributed by atoms with Crippen LogP contribution in [0, 0.1) is 0 Å². The van der Waals surface area contributed by atoms with Gasteiger partial charge in [0.2, 0.25) is 0 Å². The van der Waals surface area contributed by atoms with Gasteiger partial charge in [-0.2, -0.15) is 0 Å². The number of benzene rings is 2. The van der Waals surface area contributed by atoms with Gasteiger partial charge in [0, 0.05) is 21.7 Å². The monoisotopic (exact) mass is 382 g/mol. The molecule has 0 aliphatic rings. The summed E-state index contributed by atoms with van der Waals surface area (Å²) in [6.45, 7) is 0.836. The van der Waals surface area contributed by atoms with Crippen molar-refractivity contribution in [2.45, 2.75) is 12.8 Å². The summed E-state index contributed by atoms with van der Waals surface area (Å²) >= 11 is 14.6. The van der Waals surface area contributed by atoms with Crippen LogP contribution in [0.1, 0.15) is 12.0 Å². The Morgan fingerprint density at radius 3 is 2.62 bits per heavy atom. The fourth-order valence-corrected chi connectivity index (χ4v) is 2.63. The first-order valence-electron chi connectivity index (χ1n) is 6.68. The van der Waals surface area contributed by atoms with Gasteiger partial charge in [0.15, 0.2) is 5.11 Å². The van der Waals surface area contributed by atoms with Crippen LogP contribution in [-0.4, -0.2) is 11.7 Å². The topological polar surface area (TPSA) is 24.1 Å². The lowest BCUT2D eigenvalue weighted by molar-refractivity contribution is 0.777. The van der Waals surface area contributed by atoms with Crippen LogP contribution in [0.25, 0.3) is 0 Å². The van der Waals surface area contributed by atoms with Gasteiger partial charge < -0.3 is 10.6 Å². The smallest absolute Gasteiger partial charge is 0.170 e. The molecule has 21 heavy (non-hydrogen) atoms. The largest absolute Gasteiger partial charge is 0.362 e. The van der Waals surface area contributed by atoms with E-state index in [1.165, 1.54) is 5.56 Å². The third-order valence-electron chi connectivity index (χ3n) is 2.92. The molecule has 5 heteroatoms. The van der Waals surface area contributed by atoms with Crippen molar-refractivity contribution in [3.05, 3.63) is 63.6 Å². The summed E-state index contributed by atoms with van der Waals surface area (Å²) < 4.78 is 1.03. The van der Waals surface area contributed by atoms with E-state index in [1.807, 2.05) is 36.4 Å². The maximum absolute atomic E-state index is 5.86. The fourth-order valence-electron chi connectivity index (χ4n) is 1.89. The van der Waals surface area contributed by atoms with Crippen LogP contribution in [0.3, 0.4) is 0 Å². The number of rotatable bonds is 5. The number of nitrogens with one attached hydrogen (secondary N) is 2. The zero-order valence-electron chi connectivity index (χ0n) is 11.4. The maximum atomic E-state index is 5.86. The van der Waals surface area contributed by atoms with Crippen LogP contribution in [-0.2, 0) is 6.42 Å². The highest BCUT2D eigenvalue weighted by Gasteiger charge is 1.98. The number of anilines is 1. The lowest BCUT2D eigenvalue weighted by atomic mass is 10.1. The van der Waals surface area contributed by atoms with Crippen molar-refractivity contribution in [1.82, 2.24) is 5.32 Å². The molecule has 0 aliphatic heterocycles. The first-order valence-corrected chi connectivity index (χ1v) is 8.26. The van der Waals surface area contributed by atoms with Crippen LogP contribution < -0.4 is 10.6 Å². The van der Waals surface area contributed by atoms with E-state index in [0.717, 1.165) is 34.6 Å². The van der Waals surface area contributed by atoms with E-state index in [0.29, 0.717) is 5.11 Å². The zero-order valence-corrected chi connectivity index (χ0v) is 14.6. The Bertz CT molecular complexity index is 601. The van der Waals surface area contributed by atoms with Crippen molar-refractivity contribution in [2.24, 2.45) is 0 Å². The molecule has 2 aromatic carbocycles. The van der Waals surface area contributed by atoms with Crippen molar-refractivity contribution in [1.29, 1.82) is 0 Å². The second kappa shape index (κ2) is 8.37. The first kappa shape index (κ1) is 16.3. The molecule has 2 rings (SSSR count). The van der Waals surface area contributed by atoms with Crippen LogP contribution >= 0.6 is 39.7 Å².